The summed E-state index contributed by atoms with van der Waals surface area (Å²) in [6.45, 7) is 0. The van der Waals surface area contributed by atoms with E-state index in [1.807, 2.05) is 17.5 Å². The summed E-state index contributed by atoms with van der Waals surface area (Å²) in [6, 6.07) is 5.04. The number of fused-ring (bicyclic) bond motifs is 1. The molecule has 3 heterocycles. The smallest absolute Gasteiger partial charge is 0.274 e. The molecule has 0 spiro atoms. The predicted octanol–water partition coefficient (Wildman–Crippen LogP) is 2.06. The molecule has 0 saturated heterocycles. The summed E-state index contributed by atoms with van der Waals surface area (Å²) in [5, 5.41) is 16.4. The van der Waals surface area contributed by atoms with E-state index in [0.717, 1.165) is 4.88 Å². The number of aromatic nitrogens is 2. The van der Waals surface area contributed by atoms with Crippen molar-refractivity contribution in [1.82, 2.24) is 14.7 Å². The molecule has 2 N–H and O–H groups in total. The standard InChI is InChI=1S/C16H15N3O3S2/c20-10-6-9(7-10)14(12-2-1-4-23-12)18-15(22)11-8-13(21)17-16-19(11)3-5-24-16/h1-5,8-10,14,20H,6-7H2,(H,18,22)/t9?,10?,14-/m1/s1. The van der Waals surface area contributed by atoms with Gasteiger partial charge in [-0.25, -0.2) is 0 Å². The zero-order valence-electron chi connectivity index (χ0n) is 12.6. The topological polar surface area (TPSA) is 83.7 Å². The number of thiophene rings is 1. The Morgan fingerprint density at radius 3 is 2.92 bits per heavy atom. The minimum atomic E-state index is -0.422. The Kier molecular flexibility index (Phi) is 3.95. The Morgan fingerprint density at radius 2 is 2.21 bits per heavy atom. The summed E-state index contributed by atoms with van der Waals surface area (Å²) in [4.78, 5) is 30.0. The summed E-state index contributed by atoms with van der Waals surface area (Å²) in [7, 11) is 0. The zero-order chi connectivity index (χ0) is 16.7. The van der Waals surface area contributed by atoms with Gasteiger partial charge in [-0.05, 0) is 30.2 Å². The first-order valence-corrected chi connectivity index (χ1v) is 9.37. The van der Waals surface area contributed by atoms with Crippen LogP contribution in [-0.2, 0) is 0 Å². The highest BCUT2D eigenvalue weighted by molar-refractivity contribution is 7.15. The van der Waals surface area contributed by atoms with Gasteiger partial charge in [0.25, 0.3) is 11.5 Å². The number of aliphatic hydroxyl groups is 1. The second kappa shape index (κ2) is 6.12. The van der Waals surface area contributed by atoms with Crippen LogP contribution in [0.3, 0.4) is 0 Å². The molecule has 1 amide bonds. The van der Waals surface area contributed by atoms with Crippen LogP contribution in [0.1, 0.15) is 34.2 Å². The van der Waals surface area contributed by atoms with Crippen LogP contribution in [0.2, 0.25) is 0 Å². The lowest BCUT2D eigenvalue weighted by molar-refractivity contribution is 0.0240. The number of nitrogens with zero attached hydrogens (tertiary/aromatic N) is 2. The monoisotopic (exact) mass is 361 g/mol. The number of hydrogen-bond donors (Lipinski definition) is 2. The molecular weight excluding hydrogens is 346 g/mol. The number of carbonyl (C=O) groups is 1. The molecule has 1 aliphatic rings. The molecule has 124 valence electrons. The van der Waals surface area contributed by atoms with Gasteiger partial charge in [0.15, 0.2) is 4.96 Å². The minimum Gasteiger partial charge on any atom is -0.393 e. The van der Waals surface area contributed by atoms with E-state index in [4.69, 9.17) is 0 Å². The van der Waals surface area contributed by atoms with Gasteiger partial charge in [0.2, 0.25) is 0 Å². The van der Waals surface area contributed by atoms with Gasteiger partial charge in [0.05, 0.1) is 12.1 Å². The van der Waals surface area contributed by atoms with Gasteiger partial charge in [-0.15, -0.1) is 22.7 Å². The number of carbonyl (C=O) groups excluding carboxylic acids is 1. The quantitative estimate of drug-likeness (QED) is 0.745. The van der Waals surface area contributed by atoms with E-state index >= 15 is 0 Å². The van der Waals surface area contributed by atoms with E-state index in [9.17, 15) is 14.7 Å². The number of rotatable bonds is 4. The first-order chi connectivity index (χ1) is 11.6. The molecule has 3 aromatic heterocycles. The highest BCUT2D eigenvalue weighted by atomic mass is 32.1. The van der Waals surface area contributed by atoms with Crippen LogP contribution in [0.15, 0.2) is 40.0 Å². The molecule has 1 atom stereocenters. The number of amides is 1. The minimum absolute atomic E-state index is 0.154. The van der Waals surface area contributed by atoms with Gasteiger partial charge in [0.1, 0.15) is 5.69 Å². The Morgan fingerprint density at radius 1 is 1.38 bits per heavy atom. The third kappa shape index (κ3) is 2.77. The second-order valence-electron chi connectivity index (χ2n) is 5.89. The first kappa shape index (κ1) is 15.5. The lowest BCUT2D eigenvalue weighted by Gasteiger charge is -2.37. The zero-order valence-corrected chi connectivity index (χ0v) is 14.2. The first-order valence-electron chi connectivity index (χ1n) is 7.61. The fourth-order valence-corrected chi connectivity index (χ4v) is 4.62. The van der Waals surface area contributed by atoms with Crippen molar-refractivity contribution in [1.29, 1.82) is 0 Å². The van der Waals surface area contributed by atoms with Crippen LogP contribution in [0, 0.1) is 5.92 Å². The van der Waals surface area contributed by atoms with E-state index in [0.29, 0.717) is 17.8 Å². The van der Waals surface area contributed by atoms with Crippen molar-refractivity contribution in [2.24, 2.45) is 5.92 Å². The summed E-state index contributed by atoms with van der Waals surface area (Å²) in [5.41, 5.74) is -0.137. The molecule has 8 heteroatoms. The van der Waals surface area contributed by atoms with E-state index in [1.165, 1.54) is 17.4 Å². The Bertz CT molecular complexity index is 926. The number of hydrogen-bond acceptors (Lipinski definition) is 6. The maximum Gasteiger partial charge on any atom is 0.274 e. The molecule has 4 rings (SSSR count). The van der Waals surface area contributed by atoms with Crippen LogP contribution in [-0.4, -0.2) is 26.5 Å². The molecule has 0 unspecified atom stereocenters. The summed E-state index contributed by atoms with van der Waals surface area (Å²) in [5.74, 6) is -0.0955. The molecule has 0 bridgehead atoms. The largest absolute Gasteiger partial charge is 0.393 e. The summed E-state index contributed by atoms with van der Waals surface area (Å²) in [6.07, 6.45) is 2.79. The van der Waals surface area contributed by atoms with E-state index in [-0.39, 0.29) is 29.7 Å². The van der Waals surface area contributed by atoms with Crippen LogP contribution in [0.5, 0.6) is 0 Å². The molecule has 1 saturated carbocycles. The fraction of sp³-hybridized carbons (Fsp3) is 0.312. The maximum atomic E-state index is 12.8. The van der Waals surface area contributed by atoms with Gasteiger partial charge < -0.3 is 10.4 Å². The maximum absolute atomic E-state index is 12.8. The highest BCUT2D eigenvalue weighted by Crippen LogP contribution is 2.39. The van der Waals surface area contributed by atoms with Crippen LogP contribution >= 0.6 is 22.7 Å². The van der Waals surface area contributed by atoms with Crippen LogP contribution < -0.4 is 10.9 Å². The van der Waals surface area contributed by atoms with Gasteiger partial charge in [0, 0.05) is 22.5 Å². The molecule has 0 aliphatic heterocycles. The number of aliphatic hydroxyl groups excluding tert-OH is 1. The van der Waals surface area contributed by atoms with Crippen molar-refractivity contribution in [3.05, 3.63) is 56.1 Å². The molecule has 0 radical (unpaired) electrons. The normalized spacial score (nSPS) is 21.4. The van der Waals surface area contributed by atoms with Crippen molar-refractivity contribution in [2.45, 2.75) is 25.0 Å². The molecule has 1 aliphatic carbocycles. The molecule has 0 aromatic carbocycles. The van der Waals surface area contributed by atoms with Gasteiger partial charge >= 0.3 is 0 Å². The molecule has 1 fully saturated rings. The second-order valence-corrected chi connectivity index (χ2v) is 7.74. The third-order valence-corrected chi connectivity index (χ3v) is 6.02. The summed E-state index contributed by atoms with van der Waals surface area (Å²) < 4.78 is 1.63. The van der Waals surface area contributed by atoms with Crippen LogP contribution in [0.25, 0.3) is 4.96 Å². The van der Waals surface area contributed by atoms with Crippen molar-refractivity contribution in [3.8, 4) is 0 Å². The number of nitrogens with one attached hydrogen (secondary N) is 1. The average Bonchev–Trinajstić information content (AvgIpc) is 3.19. The van der Waals surface area contributed by atoms with Crippen molar-refractivity contribution in [2.75, 3.05) is 0 Å². The van der Waals surface area contributed by atoms with E-state index in [2.05, 4.69) is 10.3 Å². The third-order valence-electron chi connectivity index (χ3n) is 4.31. The lowest BCUT2D eigenvalue weighted by atomic mass is 9.76. The van der Waals surface area contributed by atoms with Crippen molar-refractivity contribution < 1.29 is 9.90 Å². The molecule has 6 nitrogen and oxygen atoms in total. The van der Waals surface area contributed by atoms with Gasteiger partial charge in [-0.3, -0.25) is 14.0 Å². The van der Waals surface area contributed by atoms with Gasteiger partial charge in [-0.2, -0.15) is 4.98 Å². The van der Waals surface area contributed by atoms with Crippen molar-refractivity contribution >= 4 is 33.5 Å². The van der Waals surface area contributed by atoms with Gasteiger partial charge in [-0.1, -0.05) is 6.07 Å². The summed E-state index contributed by atoms with van der Waals surface area (Å²) >= 11 is 2.89. The Balaban J connectivity index is 1.65. The van der Waals surface area contributed by atoms with Crippen LogP contribution in [0.4, 0.5) is 0 Å². The van der Waals surface area contributed by atoms with E-state index in [1.54, 1.807) is 27.3 Å². The fourth-order valence-electron chi connectivity index (χ4n) is 3.03. The SMILES string of the molecule is O=C(N[C@@H](c1cccs1)C1CC(O)C1)c1cc(=O)nc2sccn12. The molecule has 24 heavy (non-hydrogen) atoms. The Labute approximate surface area is 145 Å². The molecule has 3 aromatic rings. The average molecular weight is 361 g/mol. The van der Waals surface area contributed by atoms with E-state index < -0.39 is 5.56 Å². The lowest BCUT2D eigenvalue weighted by Crippen LogP contribution is -2.41. The predicted molar refractivity (Wildman–Crippen MR) is 92.6 cm³/mol. The Hall–Kier alpha value is -2.03. The van der Waals surface area contributed by atoms with Crippen molar-refractivity contribution in [3.63, 3.8) is 0 Å². The molecular formula is C16H15N3O3S2. The number of thiazole rings is 1. The highest BCUT2D eigenvalue weighted by Gasteiger charge is 2.36.